The van der Waals surface area contributed by atoms with E-state index in [1.165, 1.54) is 19.1 Å². The minimum absolute atomic E-state index is 0.136. The molecule has 0 saturated heterocycles. The van der Waals surface area contributed by atoms with Crippen molar-refractivity contribution in [1.29, 1.82) is 0 Å². The molecule has 2 unspecified atom stereocenters. The van der Waals surface area contributed by atoms with Crippen LogP contribution in [0.2, 0.25) is 0 Å². The smallest absolute Gasteiger partial charge is 0.411 e. The fourth-order valence-electron chi connectivity index (χ4n) is 2.88. The van der Waals surface area contributed by atoms with Gasteiger partial charge in [0.2, 0.25) is 5.91 Å². The SMILES string of the molecule is CC[N+]([O-])(C(=O)CN(CC(=O)NC(C(=O)O)C(C)C)C(=O)OC(C)(C)C)c1ccc(Br)cc1. The number of hydrogen-bond acceptors (Lipinski definition) is 6. The highest BCUT2D eigenvalue weighted by molar-refractivity contribution is 9.10. The highest BCUT2D eigenvalue weighted by atomic mass is 79.9. The van der Waals surface area contributed by atoms with E-state index in [-0.39, 0.29) is 12.2 Å². The Bertz CT molecular complexity index is 868. The molecule has 1 aromatic carbocycles. The normalized spacial score (nSPS) is 14.2. The number of nitrogens with zero attached hydrogens (tertiary/aromatic N) is 2. The largest absolute Gasteiger partial charge is 0.620 e. The van der Waals surface area contributed by atoms with Gasteiger partial charge in [0.05, 0.1) is 6.54 Å². The van der Waals surface area contributed by atoms with E-state index in [2.05, 4.69) is 21.2 Å². The van der Waals surface area contributed by atoms with Crippen molar-refractivity contribution in [3.05, 3.63) is 33.9 Å². The lowest BCUT2D eigenvalue weighted by Crippen LogP contribution is -2.56. The van der Waals surface area contributed by atoms with Crippen molar-refractivity contribution in [1.82, 2.24) is 14.9 Å². The Morgan fingerprint density at radius 3 is 2.12 bits per heavy atom. The van der Waals surface area contributed by atoms with Gasteiger partial charge in [0.1, 0.15) is 30.4 Å². The van der Waals surface area contributed by atoms with E-state index < -0.39 is 59.2 Å². The number of carboxylic acid groups (broad SMARTS) is 1. The third-order valence-electron chi connectivity index (χ3n) is 4.65. The van der Waals surface area contributed by atoms with Crippen molar-refractivity contribution < 1.29 is 29.0 Å². The number of likely N-dealkylation sites (N-methyl/N-ethyl adjacent to an activating group) is 1. The summed E-state index contributed by atoms with van der Waals surface area (Å²) in [6, 6.07) is 5.08. The molecule has 0 radical (unpaired) electrons. The summed E-state index contributed by atoms with van der Waals surface area (Å²) in [7, 11) is 0. The number of hydroxylamine groups is 2. The van der Waals surface area contributed by atoms with Crippen LogP contribution in [0.25, 0.3) is 0 Å². The van der Waals surface area contributed by atoms with Gasteiger partial charge >= 0.3 is 18.0 Å². The van der Waals surface area contributed by atoms with E-state index in [0.717, 1.165) is 9.37 Å². The molecule has 1 rings (SSSR count). The number of halogens is 1. The molecule has 0 heterocycles. The molecule has 3 amide bonds. The molecule has 0 spiro atoms. The predicted molar refractivity (Wildman–Crippen MR) is 127 cm³/mol. The highest BCUT2D eigenvalue weighted by Crippen LogP contribution is 2.25. The second kappa shape index (κ2) is 11.6. The summed E-state index contributed by atoms with van der Waals surface area (Å²) in [5, 5.41) is 25.0. The number of carbonyl (C=O) groups is 4. The Morgan fingerprint density at radius 1 is 1.15 bits per heavy atom. The molecular formula is C22H32BrN3O7. The fraction of sp³-hybridized carbons (Fsp3) is 0.545. The lowest BCUT2D eigenvalue weighted by Gasteiger charge is -2.39. The molecule has 0 aromatic heterocycles. The average molecular weight is 530 g/mol. The first-order chi connectivity index (χ1) is 15.1. The van der Waals surface area contributed by atoms with Gasteiger partial charge in [-0.15, -0.1) is 0 Å². The molecular weight excluding hydrogens is 498 g/mol. The molecule has 0 bridgehead atoms. The van der Waals surface area contributed by atoms with Gasteiger partial charge < -0.3 is 20.4 Å². The molecule has 0 saturated carbocycles. The van der Waals surface area contributed by atoms with E-state index in [4.69, 9.17) is 4.74 Å². The summed E-state index contributed by atoms with van der Waals surface area (Å²) in [6.07, 6.45) is -0.971. The van der Waals surface area contributed by atoms with E-state index in [0.29, 0.717) is 0 Å². The summed E-state index contributed by atoms with van der Waals surface area (Å²) in [6.45, 7) is 8.15. The van der Waals surface area contributed by atoms with Crippen LogP contribution in [0.5, 0.6) is 0 Å². The second-order valence-electron chi connectivity index (χ2n) is 8.89. The van der Waals surface area contributed by atoms with Crippen molar-refractivity contribution >= 4 is 45.5 Å². The lowest BCUT2D eigenvalue weighted by molar-refractivity contribution is -0.143. The first-order valence-electron chi connectivity index (χ1n) is 10.5. The van der Waals surface area contributed by atoms with Crippen molar-refractivity contribution in [2.75, 3.05) is 19.6 Å². The van der Waals surface area contributed by atoms with Gasteiger partial charge in [-0.2, -0.15) is 0 Å². The molecule has 1 aromatic rings. The number of amides is 3. The number of carboxylic acids is 1. The van der Waals surface area contributed by atoms with Crippen molar-refractivity contribution in [2.24, 2.45) is 5.92 Å². The van der Waals surface area contributed by atoms with Crippen LogP contribution in [0.3, 0.4) is 0 Å². The maximum absolute atomic E-state index is 13.4. The molecule has 0 aliphatic carbocycles. The first kappa shape index (κ1) is 28.5. The van der Waals surface area contributed by atoms with Crippen LogP contribution in [0.1, 0.15) is 41.5 Å². The number of rotatable bonds is 9. The minimum Gasteiger partial charge on any atom is -0.620 e. The Morgan fingerprint density at radius 2 is 1.70 bits per heavy atom. The summed E-state index contributed by atoms with van der Waals surface area (Å²) < 4.78 is 4.67. The average Bonchev–Trinajstić information content (AvgIpc) is 2.69. The summed E-state index contributed by atoms with van der Waals surface area (Å²) in [4.78, 5) is 50.5. The van der Waals surface area contributed by atoms with Gasteiger partial charge in [0.25, 0.3) is 0 Å². The number of ether oxygens (including phenoxy) is 1. The van der Waals surface area contributed by atoms with Crippen LogP contribution >= 0.6 is 15.9 Å². The van der Waals surface area contributed by atoms with Crippen LogP contribution in [0.4, 0.5) is 10.5 Å². The predicted octanol–water partition coefficient (Wildman–Crippen LogP) is 3.26. The number of benzene rings is 1. The zero-order valence-electron chi connectivity index (χ0n) is 19.8. The maximum Gasteiger partial charge on any atom is 0.411 e. The van der Waals surface area contributed by atoms with Gasteiger partial charge in [-0.05, 0) is 45.7 Å². The second-order valence-corrected chi connectivity index (χ2v) is 9.81. The fourth-order valence-corrected chi connectivity index (χ4v) is 3.14. The third-order valence-corrected chi connectivity index (χ3v) is 5.18. The molecule has 2 N–H and O–H groups in total. The monoisotopic (exact) mass is 529 g/mol. The van der Waals surface area contributed by atoms with Gasteiger partial charge in [-0.1, -0.05) is 29.8 Å². The van der Waals surface area contributed by atoms with Crippen LogP contribution in [-0.2, 0) is 19.1 Å². The van der Waals surface area contributed by atoms with E-state index in [1.807, 2.05) is 0 Å². The van der Waals surface area contributed by atoms with E-state index in [1.54, 1.807) is 46.8 Å². The van der Waals surface area contributed by atoms with Crippen LogP contribution in [0, 0.1) is 11.1 Å². The molecule has 2 atom stereocenters. The minimum atomic E-state index is -1.35. The Balaban J connectivity index is 3.16. The Labute approximate surface area is 202 Å². The van der Waals surface area contributed by atoms with E-state index >= 15 is 0 Å². The van der Waals surface area contributed by atoms with E-state index in [9.17, 15) is 29.5 Å². The van der Waals surface area contributed by atoms with Crippen LogP contribution < -0.4 is 9.96 Å². The van der Waals surface area contributed by atoms with Crippen molar-refractivity contribution in [3.8, 4) is 0 Å². The zero-order valence-corrected chi connectivity index (χ0v) is 21.3. The highest BCUT2D eigenvalue weighted by Gasteiger charge is 2.35. The lowest BCUT2D eigenvalue weighted by atomic mass is 10.0. The summed E-state index contributed by atoms with van der Waals surface area (Å²) in [5.74, 6) is -3.31. The molecule has 33 heavy (non-hydrogen) atoms. The maximum atomic E-state index is 13.4. The summed E-state index contributed by atoms with van der Waals surface area (Å²) in [5.41, 5.74) is -0.749. The van der Waals surface area contributed by atoms with Gasteiger partial charge in [0.15, 0.2) is 0 Å². The van der Waals surface area contributed by atoms with Crippen molar-refractivity contribution in [2.45, 2.75) is 53.2 Å². The number of nitrogens with one attached hydrogen (secondary N) is 1. The van der Waals surface area contributed by atoms with Gasteiger partial charge in [-0.3, -0.25) is 14.3 Å². The summed E-state index contributed by atoms with van der Waals surface area (Å²) >= 11 is 3.28. The Kier molecular flexibility index (Phi) is 10.0. The first-order valence-corrected chi connectivity index (χ1v) is 11.3. The van der Waals surface area contributed by atoms with Crippen LogP contribution in [-0.4, -0.2) is 65.2 Å². The molecule has 11 heteroatoms. The standard InChI is InChI=1S/C22H32BrN3O7/c1-7-26(32,16-10-8-15(23)9-11-16)18(28)13-25(21(31)33-22(4,5)6)12-17(27)24-19(14(2)3)20(29)30/h8-11,14,19H,7,12-13H2,1-6H3,(H,24,27)(H,29,30). The van der Waals surface area contributed by atoms with Gasteiger partial charge in [-0.25, -0.2) is 14.4 Å². The topological polar surface area (TPSA) is 136 Å². The molecule has 0 aliphatic heterocycles. The number of aliphatic carboxylic acids is 1. The Hall–Kier alpha value is -2.50. The zero-order chi connectivity index (χ0) is 25.6. The number of quaternary nitrogens is 1. The quantitative estimate of drug-likeness (QED) is 0.370. The number of carbonyl (C=O) groups excluding carboxylic acids is 3. The number of hydrogen-bond donors (Lipinski definition) is 2. The van der Waals surface area contributed by atoms with Gasteiger partial charge in [0, 0.05) is 16.6 Å². The molecule has 10 nitrogen and oxygen atoms in total. The third kappa shape index (κ3) is 8.41. The van der Waals surface area contributed by atoms with Crippen molar-refractivity contribution in [3.63, 3.8) is 0 Å². The molecule has 0 fully saturated rings. The van der Waals surface area contributed by atoms with Crippen LogP contribution in [0.15, 0.2) is 28.7 Å². The molecule has 0 aliphatic rings. The molecule has 184 valence electrons.